The van der Waals surface area contributed by atoms with E-state index < -0.39 is 0 Å². The van der Waals surface area contributed by atoms with Crippen molar-refractivity contribution in [1.82, 2.24) is 9.97 Å². The predicted molar refractivity (Wildman–Crippen MR) is 86.1 cm³/mol. The molecule has 0 radical (unpaired) electrons. The zero-order chi connectivity index (χ0) is 15.8. The Kier molecular flexibility index (Phi) is 6.55. The minimum atomic E-state index is 0.481. The zero-order valence-corrected chi connectivity index (χ0v) is 13.5. The van der Waals surface area contributed by atoms with E-state index in [2.05, 4.69) is 50.7 Å². The molecule has 0 atom stereocenters. The minimum absolute atomic E-state index is 0.481. The van der Waals surface area contributed by atoms with E-state index in [4.69, 9.17) is 5.26 Å². The number of hydrogen-bond acceptors (Lipinski definition) is 3. The first-order valence-corrected chi connectivity index (χ1v) is 7.23. The van der Waals surface area contributed by atoms with Crippen LogP contribution in [0.5, 0.6) is 0 Å². The van der Waals surface area contributed by atoms with Crippen molar-refractivity contribution < 1.29 is 0 Å². The van der Waals surface area contributed by atoms with Gasteiger partial charge in [0.15, 0.2) is 0 Å². The van der Waals surface area contributed by atoms with E-state index in [0.717, 1.165) is 5.69 Å². The largest absolute Gasteiger partial charge is 0.261 e. The van der Waals surface area contributed by atoms with Crippen LogP contribution < -0.4 is 0 Å². The van der Waals surface area contributed by atoms with Crippen LogP contribution in [-0.2, 0) is 0 Å². The van der Waals surface area contributed by atoms with Crippen LogP contribution >= 0.6 is 0 Å². The second-order valence-corrected chi connectivity index (χ2v) is 5.58. The highest BCUT2D eigenvalue weighted by atomic mass is 14.7. The van der Waals surface area contributed by atoms with E-state index in [0.29, 0.717) is 17.5 Å². The third-order valence-electron chi connectivity index (χ3n) is 3.24. The smallest absolute Gasteiger partial charge is 0.140 e. The van der Waals surface area contributed by atoms with E-state index in [1.54, 1.807) is 12.3 Å². The van der Waals surface area contributed by atoms with Crippen molar-refractivity contribution >= 4 is 0 Å². The SMILES string of the molecule is CC(C)c1ccc(C#N)nc1.Cc1ncccc1C(C)C. The van der Waals surface area contributed by atoms with Gasteiger partial charge in [-0.25, -0.2) is 4.98 Å². The van der Waals surface area contributed by atoms with Gasteiger partial charge in [0.05, 0.1) is 0 Å². The Hall–Kier alpha value is -2.21. The molecule has 0 fully saturated rings. The third-order valence-corrected chi connectivity index (χ3v) is 3.24. The molecule has 21 heavy (non-hydrogen) atoms. The predicted octanol–water partition coefficient (Wildman–Crippen LogP) is 4.59. The quantitative estimate of drug-likeness (QED) is 0.809. The fourth-order valence-electron chi connectivity index (χ4n) is 1.92. The summed E-state index contributed by atoms with van der Waals surface area (Å²) in [6.07, 6.45) is 3.59. The fraction of sp³-hybridized carbons (Fsp3) is 0.389. The molecule has 2 aromatic heterocycles. The molecule has 0 spiro atoms. The molecule has 0 saturated heterocycles. The maximum atomic E-state index is 8.45. The van der Waals surface area contributed by atoms with Gasteiger partial charge in [-0.2, -0.15) is 5.26 Å². The summed E-state index contributed by atoms with van der Waals surface area (Å²) in [4.78, 5) is 8.16. The van der Waals surface area contributed by atoms with Gasteiger partial charge < -0.3 is 0 Å². The number of nitriles is 1. The van der Waals surface area contributed by atoms with Crippen molar-refractivity contribution in [2.75, 3.05) is 0 Å². The van der Waals surface area contributed by atoms with Crippen LogP contribution in [0.15, 0.2) is 36.7 Å². The first kappa shape index (κ1) is 16.8. The molecular weight excluding hydrogens is 258 g/mol. The summed E-state index contributed by atoms with van der Waals surface area (Å²) in [7, 11) is 0. The number of hydrogen-bond donors (Lipinski definition) is 0. The molecule has 0 aliphatic rings. The Morgan fingerprint density at radius 3 is 2.10 bits per heavy atom. The maximum absolute atomic E-state index is 8.45. The van der Waals surface area contributed by atoms with Crippen LogP contribution in [0.2, 0.25) is 0 Å². The molecule has 2 aromatic rings. The summed E-state index contributed by atoms with van der Waals surface area (Å²) in [5.74, 6) is 1.07. The molecule has 0 amide bonds. The van der Waals surface area contributed by atoms with Gasteiger partial charge in [0.25, 0.3) is 0 Å². The lowest BCUT2D eigenvalue weighted by Crippen LogP contribution is -1.92. The first-order valence-electron chi connectivity index (χ1n) is 7.23. The van der Waals surface area contributed by atoms with Crippen LogP contribution in [0.1, 0.15) is 62.0 Å². The minimum Gasteiger partial charge on any atom is -0.261 e. The van der Waals surface area contributed by atoms with Gasteiger partial charge in [0.1, 0.15) is 11.8 Å². The van der Waals surface area contributed by atoms with E-state index in [9.17, 15) is 0 Å². The Labute approximate surface area is 127 Å². The standard InChI is InChI=1S/C9H10N2.C9H13N/c1-7(2)8-3-4-9(5-10)11-6-8;1-7(2)9-5-4-6-10-8(9)3/h3-4,6-7H,1-2H3;4-7H,1-3H3. The summed E-state index contributed by atoms with van der Waals surface area (Å²) in [6, 6.07) is 9.79. The average Bonchev–Trinajstić information content (AvgIpc) is 2.48. The fourth-order valence-corrected chi connectivity index (χ4v) is 1.92. The highest BCUT2D eigenvalue weighted by Crippen LogP contribution is 2.15. The summed E-state index contributed by atoms with van der Waals surface area (Å²) in [5, 5.41) is 8.45. The number of aryl methyl sites for hydroxylation is 1. The summed E-state index contributed by atoms with van der Waals surface area (Å²) in [6.45, 7) is 10.6. The third kappa shape index (κ3) is 5.35. The van der Waals surface area contributed by atoms with Crippen molar-refractivity contribution in [2.24, 2.45) is 0 Å². The highest BCUT2D eigenvalue weighted by molar-refractivity contribution is 5.24. The van der Waals surface area contributed by atoms with Crippen molar-refractivity contribution in [1.29, 1.82) is 5.26 Å². The first-order chi connectivity index (χ1) is 9.95. The van der Waals surface area contributed by atoms with Gasteiger partial charge in [0.2, 0.25) is 0 Å². The molecule has 0 saturated carbocycles. The highest BCUT2D eigenvalue weighted by Gasteiger charge is 2.01. The van der Waals surface area contributed by atoms with Crippen LogP contribution in [0.3, 0.4) is 0 Å². The molecule has 0 aromatic carbocycles. The van der Waals surface area contributed by atoms with E-state index in [1.165, 1.54) is 11.1 Å². The normalized spacial score (nSPS) is 10.0. The van der Waals surface area contributed by atoms with Crippen LogP contribution in [-0.4, -0.2) is 9.97 Å². The van der Waals surface area contributed by atoms with Crippen molar-refractivity contribution in [3.8, 4) is 6.07 Å². The van der Waals surface area contributed by atoms with Crippen LogP contribution in [0.4, 0.5) is 0 Å². The molecule has 3 heteroatoms. The number of pyridine rings is 2. The molecule has 0 aliphatic heterocycles. The molecule has 0 unspecified atom stereocenters. The van der Waals surface area contributed by atoms with Crippen molar-refractivity contribution in [2.45, 2.75) is 46.5 Å². The molecule has 0 bridgehead atoms. The summed E-state index contributed by atoms with van der Waals surface area (Å²) < 4.78 is 0. The van der Waals surface area contributed by atoms with Crippen molar-refractivity contribution in [3.05, 3.63) is 59.2 Å². The van der Waals surface area contributed by atoms with Gasteiger partial charge >= 0.3 is 0 Å². The topological polar surface area (TPSA) is 49.6 Å². The van der Waals surface area contributed by atoms with Crippen molar-refractivity contribution in [3.63, 3.8) is 0 Å². The van der Waals surface area contributed by atoms with Gasteiger partial charge in [-0.3, -0.25) is 4.98 Å². The van der Waals surface area contributed by atoms with Crippen LogP contribution in [0.25, 0.3) is 0 Å². The van der Waals surface area contributed by atoms with Gasteiger partial charge in [-0.15, -0.1) is 0 Å². The molecule has 110 valence electrons. The zero-order valence-electron chi connectivity index (χ0n) is 13.5. The van der Waals surface area contributed by atoms with E-state index in [1.807, 2.05) is 24.4 Å². The average molecular weight is 281 g/mol. The Bertz CT molecular complexity index is 593. The Morgan fingerprint density at radius 1 is 1.00 bits per heavy atom. The molecular formula is C18H23N3. The van der Waals surface area contributed by atoms with Gasteiger partial charge in [0, 0.05) is 18.1 Å². The lowest BCUT2D eigenvalue weighted by molar-refractivity contribution is 0.843. The Morgan fingerprint density at radius 2 is 1.71 bits per heavy atom. The monoisotopic (exact) mass is 281 g/mol. The molecule has 3 nitrogen and oxygen atoms in total. The second-order valence-electron chi connectivity index (χ2n) is 5.58. The Balaban J connectivity index is 0.000000211. The lowest BCUT2D eigenvalue weighted by Gasteiger charge is -2.06. The number of aromatic nitrogens is 2. The van der Waals surface area contributed by atoms with E-state index in [-0.39, 0.29) is 0 Å². The maximum Gasteiger partial charge on any atom is 0.140 e. The molecule has 0 N–H and O–H groups in total. The van der Waals surface area contributed by atoms with Gasteiger partial charge in [-0.05, 0) is 42.0 Å². The molecule has 2 rings (SSSR count). The van der Waals surface area contributed by atoms with Crippen LogP contribution in [0, 0.1) is 18.3 Å². The summed E-state index contributed by atoms with van der Waals surface area (Å²) >= 11 is 0. The summed E-state index contributed by atoms with van der Waals surface area (Å²) in [5.41, 5.74) is 4.15. The molecule has 0 aliphatic carbocycles. The lowest BCUT2D eigenvalue weighted by atomic mass is 10.0. The number of rotatable bonds is 2. The second kappa shape index (κ2) is 8.16. The molecule has 2 heterocycles. The van der Waals surface area contributed by atoms with E-state index >= 15 is 0 Å². The van der Waals surface area contributed by atoms with Gasteiger partial charge in [-0.1, -0.05) is 39.8 Å². The number of nitrogens with zero attached hydrogens (tertiary/aromatic N) is 3.